The molecule has 0 aliphatic carbocycles. The van der Waals surface area contributed by atoms with E-state index >= 15 is 0 Å². The molecule has 0 aliphatic rings. The summed E-state index contributed by atoms with van der Waals surface area (Å²) < 4.78 is 11.2. The molecule has 118 valence electrons. The Morgan fingerprint density at radius 1 is 1.14 bits per heavy atom. The molecule has 1 rings (SSSR count). The average molecular weight is 329 g/mol. The Bertz CT molecular complexity index is 505. The Morgan fingerprint density at radius 2 is 1.71 bits per heavy atom. The summed E-state index contributed by atoms with van der Waals surface area (Å²) in [5.74, 6) is 0.406. The number of benzene rings is 1. The van der Waals surface area contributed by atoms with Crippen molar-refractivity contribution in [2.45, 2.75) is 52.4 Å². The SMILES string of the molecule is CC(C)OC(=O)[C@H](C)NP(=S)(Oc1ccccc1)C(C)C. The second kappa shape index (κ2) is 7.92. The van der Waals surface area contributed by atoms with Crippen LogP contribution < -0.4 is 9.61 Å². The van der Waals surface area contributed by atoms with Crippen molar-refractivity contribution < 1.29 is 14.1 Å². The first kappa shape index (κ1) is 18.1. The van der Waals surface area contributed by atoms with Crippen molar-refractivity contribution in [1.82, 2.24) is 5.09 Å². The van der Waals surface area contributed by atoms with Crippen molar-refractivity contribution in [3.8, 4) is 5.75 Å². The topological polar surface area (TPSA) is 47.6 Å². The minimum atomic E-state index is -2.38. The van der Waals surface area contributed by atoms with Gasteiger partial charge < -0.3 is 9.26 Å². The molecule has 4 nitrogen and oxygen atoms in total. The van der Waals surface area contributed by atoms with E-state index in [0.29, 0.717) is 5.75 Å². The third kappa shape index (κ3) is 5.77. The standard InChI is InChI=1S/C15H24NO3PS/c1-11(2)18-15(17)13(5)16-20(21,12(3)4)19-14-9-7-6-8-10-14/h6-13H,1-5H3,(H,16,21)/t13-,20?/m0/s1. The maximum absolute atomic E-state index is 11.9. The summed E-state index contributed by atoms with van der Waals surface area (Å²) in [6, 6.07) is 8.94. The van der Waals surface area contributed by atoms with Gasteiger partial charge >= 0.3 is 5.97 Å². The van der Waals surface area contributed by atoms with E-state index in [1.54, 1.807) is 6.92 Å². The van der Waals surface area contributed by atoms with Gasteiger partial charge in [0.1, 0.15) is 11.8 Å². The summed E-state index contributed by atoms with van der Waals surface area (Å²) in [5, 5.41) is 3.18. The molecule has 0 radical (unpaired) electrons. The van der Waals surface area contributed by atoms with Crippen LogP contribution in [0.5, 0.6) is 5.75 Å². The monoisotopic (exact) mass is 329 g/mol. The molecule has 0 heterocycles. The number of rotatable bonds is 7. The van der Waals surface area contributed by atoms with Crippen molar-refractivity contribution in [2.75, 3.05) is 0 Å². The molecule has 1 aromatic carbocycles. The Kier molecular flexibility index (Phi) is 6.85. The van der Waals surface area contributed by atoms with Crippen molar-refractivity contribution in [2.24, 2.45) is 0 Å². The fourth-order valence-electron chi connectivity index (χ4n) is 1.58. The highest BCUT2D eigenvalue weighted by Gasteiger charge is 2.29. The van der Waals surface area contributed by atoms with Gasteiger partial charge in [0.05, 0.1) is 6.10 Å². The zero-order valence-corrected chi connectivity index (χ0v) is 14.9. The van der Waals surface area contributed by atoms with Gasteiger partial charge in [-0.1, -0.05) is 32.0 Å². The molecule has 0 fully saturated rings. The van der Waals surface area contributed by atoms with Crippen LogP contribution in [0.3, 0.4) is 0 Å². The Hall–Kier alpha value is -0.900. The number of para-hydroxylation sites is 1. The number of nitrogens with one attached hydrogen (secondary N) is 1. The third-order valence-electron chi connectivity index (χ3n) is 2.74. The second-order valence-corrected chi connectivity index (χ2v) is 9.73. The fourth-order valence-corrected chi connectivity index (χ4v) is 3.95. The van der Waals surface area contributed by atoms with Gasteiger partial charge in [-0.2, -0.15) is 0 Å². The fraction of sp³-hybridized carbons (Fsp3) is 0.533. The largest absolute Gasteiger partial charge is 0.462 e. The summed E-state index contributed by atoms with van der Waals surface area (Å²) in [5.41, 5.74) is 0.0991. The van der Waals surface area contributed by atoms with Gasteiger partial charge in [0.2, 0.25) is 0 Å². The number of hydrogen-bond acceptors (Lipinski definition) is 4. The molecule has 1 N–H and O–H groups in total. The molecule has 0 aliphatic heterocycles. The minimum Gasteiger partial charge on any atom is -0.462 e. The zero-order chi connectivity index (χ0) is 16.0. The van der Waals surface area contributed by atoms with Gasteiger partial charge in [0.25, 0.3) is 0 Å². The zero-order valence-electron chi connectivity index (χ0n) is 13.2. The van der Waals surface area contributed by atoms with Crippen LogP contribution in [0.25, 0.3) is 0 Å². The quantitative estimate of drug-likeness (QED) is 0.610. The van der Waals surface area contributed by atoms with E-state index in [4.69, 9.17) is 21.1 Å². The molecule has 0 aromatic heterocycles. The molecule has 0 bridgehead atoms. The van der Waals surface area contributed by atoms with Crippen LogP contribution in [-0.4, -0.2) is 23.8 Å². The van der Waals surface area contributed by atoms with E-state index in [2.05, 4.69) is 5.09 Å². The first-order valence-electron chi connectivity index (χ1n) is 7.07. The van der Waals surface area contributed by atoms with E-state index in [9.17, 15) is 4.79 Å². The molecule has 1 unspecified atom stereocenters. The highest BCUT2D eigenvalue weighted by atomic mass is 32.4. The average Bonchev–Trinajstić information content (AvgIpc) is 2.38. The lowest BCUT2D eigenvalue weighted by Crippen LogP contribution is -2.37. The number of hydrogen-bond donors (Lipinski definition) is 1. The lowest BCUT2D eigenvalue weighted by atomic mass is 10.3. The van der Waals surface area contributed by atoms with Gasteiger partial charge in [0, 0.05) is 5.66 Å². The van der Waals surface area contributed by atoms with Gasteiger partial charge in [-0.3, -0.25) is 4.79 Å². The second-order valence-electron chi connectivity index (χ2n) is 5.43. The van der Waals surface area contributed by atoms with E-state index in [0.717, 1.165) is 0 Å². The first-order chi connectivity index (χ1) is 9.74. The van der Waals surface area contributed by atoms with Crippen LogP contribution in [0.2, 0.25) is 0 Å². The summed E-state index contributed by atoms with van der Waals surface area (Å²) >= 11 is 5.69. The summed E-state index contributed by atoms with van der Waals surface area (Å²) in [7, 11) is 0. The van der Waals surface area contributed by atoms with Crippen molar-refractivity contribution in [1.29, 1.82) is 0 Å². The van der Waals surface area contributed by atoms with Crippen LogP contribution in [0.4, 0.5) is 0 Å². The molecular formula is C15H24NO3PS. The van der Waals surface area contributed by atoms with Crippen LogP contribution in [0, 0.1) is 0 Å². The maximum atomic E-state index is 11.9. The van der Waals surface area contributed by atoms with Crippen molar-refractivity contribution >= 4 is 24.2 Å². The molecule has 2 atom stereocenters. The van der Waals surface area contributed by atoms with Crippen LogP contribution in [0.15, 0.2) is 30.3 Å². The predicted molar refractivity (Wildman–Crippen MR) is 90.3 cm³/mol. The highest BCUT2D eigenvalue weighted by Crippen LogP contribution is 2.48. The summed E-state index contributed by atoms with van der Waals surface area (Å²) in [6.07, 6.45) is -2.53. The van der Waals surface area contributed by atoms with Crippen LogP contribution in [0.1, 0.15) is 34.6 Å². The molecule has 1 aromatic rings. The maximum Gasteiger partial charge on any atom is 0.323 e. The van der Waals surface area contributed by atoms with E-state index in [-0.39, 0.29) is 17.7 Å². The first-order valence-corrected chi connectivity index (χ1v) is 9.86. The Balaban J connectivity index is 2.81. The van der Waals surface area contributed by atoms with Gasteiger partial charge in [0.15, 0.2) is 6.42 Å². The van der Waals surface area contributed by atoms with Gasteiger partial charge in [-0.05, 0) is 44.7 Å². The Morgan fingerprint density at radius 3 is 2.19 bits per heavy atom. The molecule has 0 spiro atoms. The smallest absolute Gasteiger partial charge is 0.323 e. The number of esters is 1. The van der Waals surface area contributed by atoms with Crippen molar-refractivity contribution in [3.63, 3.8) is 0 Å². The highest BCUT2D eigenvalue weighted by molar-refractivity contribution is 8.11. The number of carbonyl (C=O) groups is 1. The predicted octanol–water partition coefficient (Wildman–Crippen LogP) is 3.71. The number of ether oxygens (including phenoxy) is 1. The summed E-state index contributed by atoms with van der Waals surface area (Å²) in [4.78, 5) is 11.9. The van der Waals surface area contributed by atoms with E-state index in [1.165, 1.54) is 0 Å². The van der Waals surface area contributed by atoms with E-state index < -0.39 is 12.5 Å². The van der Waals surface area contributed by atoms with Gasteiger partial charge in [-0.25, -0.2) is 5.09 Å². The third-order valence-corrected chi connectivity index (χ3v) is 7.14. The summed E-state index contributed by atoms with van der Waals surface area (Å²) in [6.45, 7) is 9.39. The molecule has 0 amide bonds. The molecule has 21 heavy (non-hydrogen) atoms. The molecule has 6 heteroatoms. The van der Waals surface area contributed by atoms with Crippen molar-refractivity contribution in [3.05, 3.63) is 30.3 Å². The van der Waals surface area contributed by atoms with Crippen LogP contribution in [-0.2, 0) is 21.3 Å². The molecule has 0 saturated carbocycles. The van der Waals surface area contributed by atoms with Crippen LogP contribution >= 0.6 is 6.42 Å². The normalized spacial score (nSPS) is 15.6. The lowest BCUT2D eigenvalue weighted by Gasteiger charge is -2.30. The minimum absolute atomic E-state index is 0.0991. The molecule has 0 saturated heterocycles. The Labute approximate surface area is 132 Å². The van der Waals surface area contributed by atoms with Gasteiger partial charge in [-0.15, -0.1) is 0 Å². The number of carbonyl (C=O) groups excluding carboxylic acids is 1. The lowest BCUT2D eigenvalue weighted by molar-refractivity contribution is -0.148. The van der Waals surface area contributed by atoms with E-state index in [1.807, 2.05) is 58.0 Å². The molecular weight excluding hydrogens is 305 g/mol.